The Morgan fingerprint density at radius 2 is 1.45 bits per heavy atom. The second kappa shape index (κ2) is 6.69. The van der Waals surface area contributed by atoms with E-state index in [1.165, 1.54) is 18.4 Å². The summed E-state index contributed by atoms with van der Waals surface area (Å²) in [6.07, 6.45) is 2.48. The molecule has 1 aromatic carbocycles. The zero-order valence-electron chi connectivity index (χ0n) is 14.2. The van der Waals surface area contributed by atoms with Crippen molar-refractivity contribution in [2.45, 2.75) is 52.4 Å². The van der Waals surface area contributed by atoms with Gasteiger partial charge in [-0.25, -0.2) is 13.1 Å². The molecule has 1 aliphatic rings. The van der Waals surface area contributed by atoms with E-state index in [-0.39, 0.29) is 0 Å². The van der Waals surface area contributed by atoms with Gasteiger partial charge in [-0.15, -0.1) is 0 Å². The van der Waals surface area contributed by atoms with E-state index in [0.717, 1.165) is 28.9 Å². The summed E-state index contributed by atoms with van der Waals surface area (Å²) >= 11 is 0. The lowest BCUT2D eigenvalue weighted by Gasteiger charge is -2.19. The Morgan fingerprint density at radius 3 is 1.95 bits per heavy atom. The zero-order chi connectivity index (χ0) is 16.5. The average Bonchev–Trinajstić information content (AvgIpc) is 3.26. The number of rotatable bonds is 7. The molecule has 1 fully saturated rings. The molecule has 0 heterocycles. The maximum atomic E-state index is 12.6. The maximum absolute atomic E-state index is 12.6. The summed E-state index contributed by atoms with van der Waals surface area (Å²) in [6.45, 7) is 11.3. The molecule has 0 amide bonds. The number of hydrogen-bond donors (Lipinski definition) is 1. The largest absolute Gasteiger partial charge is 0.380 e. The first-order chi connectivity index (χ1) is 10.3. The summed E-state index contributed by atoms with van der Waals surface area (Å²) in [6, 6.07) is 0. The van der Waals surface area contributed by atoms with Gasteiger partial charge >= 0.3 is 0 Å². The van der Waals surface area contributed by atoms with Crippen LogP contribution in [0.3, 0.4) is 0 Å². The minimum atomic E-state index is -3.50. The molecule has 1 aliphatic carbocycles. The fourth-order valence-corrected chi connectivity index (χ4v) is 4.33. The number of sulfonamides is 1. The fraction of sp³-hybridized carbons (Fsp3) is 0.647. The van der Waals surface area contributed by atoms with Crippen molar-refractivity contribution in [1.29, 1.82) is 0 Å². The van der Waals surface area contributed by atoms with E-state index in [1.54, 1.807) is 0 Å². The van der Waals surface area contributed by atoms with Crippen molar-refractivity contribution in [3.8, 4) is 0 Å². The van der Waals surface area contributed by atoms with Gasteiger partial charge in [-0.2, -0.15) is 0 Å². The van der Waals surface area contributed by atoms with Crippen LogP contribution in [0.4, 0.5) is 0 Å². The maximum Gasteiger partial charge on any atom is 0.241 e. The molecule has 1 N–H and O–H groups in total. The van der Waals surface area contributed by atoms with E-state index >= 15 is 0 Å². The number of hydrogen-bond acceptors (Lipinski definition) is 3. The molecule has 0 aromatic heterocycles. The zero-order valence-corrected chi connectivity index (χ0v) is 15.1. The van der Waals surface area contributed by atoms with Crippen LogP contribution in [0.15, 0.2) is 4.90 Å². The quantitative estimate of drug-likeness (QED) is 0.784. The van der Waals surface area contributed by atoms with Crippen molar-refractivity contribution < 1.29 is 13.2 Å². The molecule has 2 rings (SSSR count). The summed E-state index contributed by atoms with van der Waals surface area (Å²) in [7, 11) is -3.50. The Bertz CT molecular complexity index is 632. The van der Waals surface area contributed by atoms with Gasteiger partial charge in [-0.3, -0.25) is 0 Å². The predicted octanol–water partition coefficient (Wildman–Crippen LogP) is 2.93. The van der Waals surface area contributed by atoms with Crippen LogP contribution in [0.1, 0.15) is 40.7 Å². The lowest BCUT2D eigenvalue weighted by Crippen LogP contribution is -2.29. The number of ether oxygens (including phenoxy) is 1. The van der Waals surface area contributed by atoms with Crippen LogP contribution in [-0.4, -0.2) is 28.2 Å². The summed E-state index contributed by atoms with van der Waals surface area (Å²) in [4.78, 5) is 0.426. The first-order valence-corrected chi connectivity index (χ1v) is 9.38. The molecular weight excluding hydrogens is 298 g/mol. The first kappa shape index (κ1) is 17.4. The molecule has 4 nitrogen and oxygen atoms in total. The Hall–Kier alpha value is -0.910. The second-order valence-corrected chi connectivity index (χ2v) is 8.07. The van der Waals surface area contributed by atoms with Crippen molar-refractivity contribution >= 4 is 10.0 Å². The highest BCUT2D eigenvalue weighted by Gasteiger charge is 2.24. The van der Waals surface area contributed by atoms with Gasteiger partial charge in [0.2, 0.25) is 10.0 Å². The van der Waals surface area contributed by atoms with Crippen molar-refractivity contribution in [3.05, 3.63) is 27.8 Å². The molecule has 0 atom stereocenters. The standard InChI is InChI=1S/C17H27NO3S/c1-11-12(2)14(4)17(15(5)13(11)3)22(19,20)18-8-9-21-10-16-6-7-16/h16,18H,6-10H2,1-5H3. The molecular formula is C17H27NO3S. The summed E-state index contributed by atoms with van der Waals surface area (Å²) in [5, 5.41) is 0. The topological polar surface area (TPSA) is 55.4 Å². The third-order valence-electron chi connectivity index (χ3n) is 4.79. The van der Waals surface area contributed by atoms with Crippen LogP contribution in [0.25, 0.3) is 0 Å². The van der Waals surface area contributed by atoms with Gasteiger partial charge < -0.3 is 4.74 Å². The summed E-state index contributed by atoms with van der Waals surface area (Å²) in [5.41, 5.74) is 4.95. The second-order valence-electron chi connectivity index (χ2n) is 6.37. The van der Waals surface area contributed by atoms with Crippen LogP contribution < -0.4 is 4.72 Å². The van der Waals surface area contributed by atoms with Crippen molar-refractivity contribution in [2.24, 2.45) is 5.92 Å². The highest BCUT2D eigenvalue weighted by Crippen LogP contribution is 2.30. The minimum absolute atomic E-state index is 0.319. The smallest absolute Gasteiger partial charge is 0.241 e. The monoisotopic (exact) mass is 325 g/mol. The molecule has 0 unspecified atom stereocenters. The van der Waals surface area contributed by atoms with E-state index < -0.39 is 10.0 Å². The molecule has 0 bridgehead atoms. The minimum Gasteiger partial charge on any atom is -0.380 e. The Balaban J connectivity index is 2.11. The first-order valence-electron chi connectivity index (χ1n) is 7.90. The predicted molar refractivity (Wildman–Crippen MR) is 88.9 cm³/mol. The summed E-state index contributed by atoms with van der Waals surface area (Å²) in [5.74, 6) is 0.698. The van der Waals surface area contributed by atoms with Gasteiger partial charge in [0.25, 0.3) is 0 Å². The van der Waals surface area contributed by atoms with E-state index in [4.69, 9.17) is 4.74 Å². The van der Waals surface area contributed by atoms with E-state index in [2.05, 4.69) is 4.72 Å². The SMILES string of the molecule is Cc1c(C)c(C)c(S(=O)(=O)NCCOCC2CC2)c(C)c1C. The van der Waals surface area contributed by atoms with E-state index in [0.29, 0.717) is 24.0 Å². The highest BCUT2D eigenvalue weighted by molar-refractivity contribution is 7.89. The van der Waals surface area contributed by atoms with Crippen molar-refractivity contribution in [1.82, 2.24) is 4.72 Å². The fourth-order valence-electron chi connectivity index (χ4n) is 2.72. The lowest BCUT2D eigenvalue weighted by atomic mass is 9.95. The van der Waals surface area contributed by atoms with Crippen molar-refractivity contribution in [3.63, 3.8) is 0 Å². The highest BCUT2D eigenvalue weighted by atomic mass is 32.2. The third kappa shape index (κ3) is 3.70. The van der Waals surface area contributed by atoms with Gasteiger partial charge in [0, 0.05) is 13.2 Å². The molecule has 0 spiro atoms. The lowest BCUT2D eigenvalue weighted by molar-refractivity contribution is 0.129. The number of benzene rings is 1. The van der Waals surface area contributed by atoms with Crippen molar-refractivity contribution in [2.75, 3.05) is 19.8 Å². The molecule has 124 valence electrons. The van der Waals surface area contributed by atoms with Crippen LogP contribution in [0.2, 0.25) is 0 Å². The summed E-state index contributed by atoms with van der Waals surface area (Å²) < 4.78 is 33.4. The van der Waals surface area contributed by atoms with Gasteiger partial charge in [0.1, 0.15) is 0 Å². The molecule has 0 radical (unpaired) electrons. The molecule has 1 aromatic rings. The van der Waals surface area contributed by atoms with E-state index in [1.807, 2.05) is 34.6 Å². The van der Waals surface area contributed by atoms with Gasteiger partial charge in [-0.05, 0) is 81.2 Å². The van der Waals surface area contributed by atoms with Gasteiger partial charge in [0.15, 0.2) is 0 Å². The van der Waals surface area contributed by atoms with Crippen LogP contribution in [-0.2, 0) is 14.8 Å². The molecule has 0 aliphatic heterocycles. The number of nitrogens with one attached hydrogen (secondary N) is 1. The molecule has 0 saturated heterocycles. The normalized spacial score (nSPS) is 15.3. The molecule has 22 heavy (non-hydrogen) atoms. The van der Waals surface area contributed by atoms with Gasteiger partial charge in [-0.1, -0.05) is 0 Å². The Morgan fingerprint density at radius 1 is 0.955 bits per heavy atom. The Labute approximate surface area is 134 Å². The van der Waals surface area contributed by atoms with Crippen LogP contribution >= 0.6 is 0 Å². The molecule has 5 heteroatoms. The van der Waals surface area contributed by atoms with E-state index in [9.17, 15) is 8.42 Å². The average molecular weight is 325 g/mol. The van der Waals surface area contributed by atoms with Crippen LogP contribution in [0.5, 0.6) is 0 Å². The van der Waals surface area contributed by atoms with Gasteiger partial charge in [0.05, 0.1) is 11.5 Å². The third-order valence-corrected chi connectivity index (χ3v) is 6.52. The molecule has 1 saturated carbocycles. The van der Waals surface area contributed by atoms with Crippen LogP contribution in [0, 0.1) is 40.5 Å². The Kier molecular flexibility index (Phi) is 5.30.